The Morgan fingerprint density at radius 2 is 2.14 bits per heavy atom. The molecule has 0 saturated carbocycles. The van der Waals surface area contributed by atoms with Crippen LogP contribution in [0.1, 0.15) is 6.92 Å². The first-order valence-electron chi connectivity index (χ1n) is 1.92. The lowest BCUT2D eigenvalue weighted by atomic mass is 11.0. The number of thiol groups is 1. The molecule has 0 aromatic rings. The summed E-state index contributed by atoms with van der Waals surface area (Å²) in [5.41, 5.74) is 0. The summed E-state index contributed by atoms with van der Waals surface area (Å²) in [4.78, 5) is 0. The first kappa shape index (κ1) is 8.40. The third-order valence-corrected chi connectivity index (χ3v) is 4.53. The van der Waals surface area contributed by atoms with Crippen LogP contribution < -0.4 is 0 Å². The molecule has 7 heavy (non-hydrogen) atoms. The molecule has 0 heterocycles. The maximum absolute atomic E-state index is 3.98. The van der Waals surface area contributed by atoms with Crippen molar-refractivity contribution in [2.75, 3.05) is 10.8 Å². The third-order valence-electron chi connectivity index (χ3n) is 0.302. The summed E-state index contributed by atoms with van der Waals surface area (Å²) in [5.74, 6) is 1.19. The van der Waals surface area contributed by atoms with E-state index in [0.717, 1.165) is 5.08 Å². The molecule has 0 N–H and O–H groups in total. The SMILES string of the molecule is CCSSCSS. The lowest BCUT2D eigenvalue weighted by Gasteiger charge is -1.89. The number of hydrogen-bond donors (Lipinski definition) is 1. The molecule has 0 radical (unpaired) electrons. The van der Waals surface area contributed by atoms with Crippen molar-refractivity contribution in [3.63, 3.8) is 0 Å². The summed E-state index contributed by atoms with van der Waals surface area (Å²) in [6.45, 7) is 2.15. The smallest absolute Gasteiger partial charge is 0.0597 e. The molecule has 44 valence electrons. The van der Waals surface area contributed by atoms with Crippen LogP contribution in [0.15, 0.2) is 0 Å². The molecule has 0 aliphatic rings. The molecule has 0 unspecified atom stereocenters. The van der Waals surface area contributed by atoms with E-state index in [9.17, 15) is 0 Å². The van der Waals surface area contributed by atoms with Crippen LogP contribution in [0, 0.1) is 0 Å². The van der Waals surface area contributed by atoms with Crippen molar-refractivity contribution in [1.29, 1.82) is 0 Å². The molecule has 0 spiro atoms. The van der Waals surface area contributed by atoms with Crippen molar-refractivity contribution in [2.45, 2.75) is 6.92 Å². The summed E-state index contributed by atoms with van der Waals surface area (Å²) >= 11 is 3.98. The van der Waals surface area contributed by atoms with Crippen molar-refractivity contribution in [1.82, 2.24) is 0 Å². The van der Waals surface area contributed by atoms with Gasteiger partial charge in [0.1, 0.15) is 0 Å². The Morgan fingerprint density at radius 3 is 2.57 bits per heavy atom. The fraction of sp³-hybridized carbons (Fsp3) is 1.00. The van der Waals surface area contributed by atoms with Crippen LogP contribution in [-0.4, -0.2) is 10.8 Å². The molecule has 0 fully saturated rings. The second-order valence-electron chi connectivity index (χ2n) is 0.771. The summed E-state index contributed by atoms with van der Waals surface area (Å²) in [6.07, 6.45) is 0. The van der Waals surface area contributed by atoms with E-state index < -0.39 is 0 Å². The van der Waals surface area contributed by atoms with E-state index in [2.05, 4.69) is 18.6 Å². The van der Waals surface area contributed by atoms with Gasteiger partial charge in [0.2, 0.25) is 0 Å². The Morgan fingerprint density at radius 1 is 1.43 bits per heavy atom. The highest BCUT2D eigenvalue weighted by molar-refractivity contribution is 8.82. The second kappa shape index (κ2) is 7.40. The van der Waals surface area contributed by atoms with Crippen LogP contribution in [0.3, 0.4) is 0 Å². The van der Waals surface area contributed by atoms with Crippen LogP contribution in [0.25, 0.3) is 0 Å². The molecule has 0 aromatic carbocycles. The van der Waals surface area contributed by atoms with E-state index in [-0.39, 0.29) is 0 Å². The minimum absolute atomic E-state index is 1.08. The van der Waals surface area contributed by atoms with E-state index in [1.165, 1.54) is 5.75 Å². The van der Waals surface area contributed by atoms with E-state index in [0.29, 0.717) is 0 Å². The molecule has 4 heteroatoms. The molecule has 0 aliphatic heterocycles. The highest BCUT2D eigenvalue weighted by atomic mass is 33.1. The van der Waals surface area contributed by atoms with Crippen molar-refractivity contribution in [2.24, 2.45) is 0 Å². The van der Waals surface area contributed by atoms with Gasteiger partial charge in [0.05, 0.1) is 5.08 Å². The van der Waals surface area contributed by atoms with Gasteiger partial charge in [-0.15, -0.1) is 11.7 Å². The van der Waals surface area contributed by atoms with E-state index in [1.54, 1.807) is 10.8 Å². The van der Waals surface area contributed by atoms with Crippen LogP contribution in [0.2, 0.25) is 0 Å². The predicted molar refractivity (Wildman–Crippen MR) is 47.2 cm³/mol. The quantitative estimate of drug-likeness (QED) is 0.300. The fourth-order valence-corrected chi connectivity index (χ4v) is 3.41. The van der Waals surface area contributed by atoms with Gasteiger partial charge in [-0.3, -0.25) is 0 Å². The molecule has 0 atom stereocenters. The van der Waals surface area contributed by atoms with E-state index in [4.69, 9.17) is 0 Å². The Hall–Kier alpha value is 1.40. The number of rotatable bonds is 4. The lowest BCUT2D eigenvalue weighted by molar-refractivity contribution is 1.54. The van der Waals surface area contributed by atoms with E-state index >= 15 is 0 Å². The van der Waals surface area contributed by atoms with Crippen LogP contribution >= 0.6 is 44.0 Å². The van der Waals surface area contributed by atoms with Gasteiger partial charge in [-0.1, -0.05) is 39.3 Å². The molecule has 0 aliphatic carbocycles. The first-order valence-corrected chi connectivity index (χ1v) is 6.45. The van der Waals surface area contributed by atoms with Gasteiger partial charge >= 0.3 is 0 Å². The molecular formula is C3H8S4. The summed E-state index contributed by atoms with van der Waals surface area (Å²) in [7, 11) is 5.31. The predicted octanol–water partition coefficient (Wildman–Crippen LogP) is 2.92. The Bertz CT molecular complexity index is 26.1. The molecule has 0 rings (SSSR count). The van der Waals surface area contributed by atoms with Crippen molar-refractivity contribution >= 4 is 44.0 Å². The normalized spacial score (nSPS) is 9.43. The van der Waals surface area contributed by atoms with Crippen LogP contribution in [-0.2, 0) is 0 Å². The van der Waals surface area contributed by atoms with Gasteiger partial charge in [-0.25, -0.2) is 0 Å². The van der Waals surface area contributed by atoms with Crippen molar-refractivity contribution < 1.29 is 0 Å². The highest BCUT2D eigenvalue weighted by Gasteiger charge is 1.81. The molecule has 0 bridgehead atoms. The monoisotopic (exact) mass is 172 g/mol. The fourth-order valence-electron chi connectivity index (χ4n) is 0.139. The van der Waals surface area contributed by atoms with Gasteiger partial charge in [-0.05, 0) is 0 Å². The molecule has 0 amide bonds. The standard InChI is InChI=1S/C3H8S4/c1-2-6-7-3-5-4/h4H,2-3H2,1H3. The Labute approximate surface area is 61.8 Å². The maximum atomic E-state index is 3.98. The third kappa shape index (κ3) is 7.40. The summed E-state index contributed by atoms with van der Waals surface area (Å²) in [5, 5.41) is 1.08. The zero-order valence-corrected chi connectivity index (χ0v) is 7.43. The van der Waals surface area contributed by atoms with Crippen molar-refractivity contribution in [3.05, 3.63) is 0 Å². The Balaban J connectivity index is 2.45. The largest absolute Gasteiger partial charge is 0.110 e. The maximum Gasteiger partial charge on any atom is 0.0597 e. The average Bonchev–Trinajstić information content (AvgIpc) is 1.69. The second-order valence-corrected chi connectivity index (χ2v) is 5.21. The first-order chi connectivity index (χ1) is 3.41. The topological polar surface area (TPSA) is 0 Å². The van der Waals surface area contributed by atoms with Gasteiger partial charge in [-0.2, -0.15) is 0 Å². The minimum atomic E-state index is 1.08. The van der Waals surface area contributed by atoms with Crippen LogP contribution in [0.5, 0.6) is 0 Å². The zero-order chi connectivity index (χ0) is 5.54. The average molecular weight is 172 g/mol. The van der Waals surface area contributed by atoms with Gasteiger partial charge in [0.15, 0.2) is 0 Å². The highest BCUT2D eigenvalue weighted by Crippen LogP contribution is 2.26. The summed E-state index contributed by atoms with van der Waals surface area (Å²) < 4.78 is 0. The zero-order valence-electron chi connectivity index (χ0n) is 4.09. The molecule has 0 saturated heterocycles. The molecule has 0 nitrogen and oxygen atoms in total. The van der Waals surface area contributed by atoms with Gasteiger partial charge in [0.25, 0.3) is 0 Å². The van der Waals surface area contributed by atoms with E-state index in [1.807, 2.05) is 21.6 Å². The van der Waals surface area contributed by atoms with Gasteiger partial charge in [0, 0.05) is 5.75 Å². The van der Waals surface area contributed by atoms with Crippen LogP contribution in [0.4, 0.5) is 0 Å². The molecular weight excluding hydrogens is 164 g/mol. The number of hydrogen-bond acceptors (Lipinski definition) is 4. The lowest BCUT2D eigenvalue weighted by Crippen LogP contribution is -1.58. The Kier molecular flexibility index (Phi) is 8.88. The minimum Gasteiger partial charge on any atom is -0.110 e. The van der Waals surface area contributed by atoms with Crippen molar-refractivity contribution in [3.8, 4) is 0 Å². The molecule has 0 aromatic heterocycles. The van der Waals surface area contributed by atoms with Gasteiger partial charge < -0.3 is 0 Å². The summed E-state index contributed by atoms with van der Waals surface area (Å²) in [6, 6.07) is 0.